The minimum atomic E-state index is -0.454. The summed E-state index contributed by atoms with van der Waals surface area (Å²) in [4.78, 5) is 65.5. The van der Waals surface area contributed by atoms with E-state index in [9.17, 15) is 19.2 Å². The molecule has 13 nitrogen and oxygen atoms in total. The van der Waals surface area contributed by atoms with Crippen LogP contribution in [0.15, 0.2) is 28.8 Å². The Morgan fingerprint density at radius 1 is 0.789 bits per heavy atom. The quantitative estimate of drug-likeness (QED) is 0.0691. The van der Waals surface area contributed by atoms with Crippen molar-refractivity contribution in [3.05, 3.63) is 49.3 Å². The third-order valence-corrected chi connectivity index (χ3v) is 11.3. The number of rotatable bonds is 21. The second kappa shape index (κ2) is 30.4. The third kappa shape index (κ3) is 24.1. The minimum Gasteiger partial charge on any atom is -0.444 e. The summed E-state index contributed by atoms with van der Waals surface area (Å²) in [5.41, 5.74) is 9.94. The van der Waals surface area contributed by atoms with E-state index in [1.54, 1.807) is 46.7 Å². The summed E-state index contributed by atoms with van der Waals surface area (Å²) in [5.74, 6) is 0.391. The molecule has 0 bridgehead atoms. The monoisotopic (exact) mass is 961 g/mol. The Hall–Kier alpha value is -2.68. The van der Waals surface area contributed by atoms with Crippen LogP contribution in [0.25, 0.3) is 0 Å². The number of hydrogen-bond acceptors (Lipinski definition) is 13. The molecule has 0 aliphatic carbocycles. The second-order valence-electron chi connectivity index (χ2n) is 14.7. The van der Waals surface area contributed by atoms with Crippen LogP contribution in [0.4, 0.5) is 9.59 Å². The molecule has 0 spiro atoms. The van der Waals surface area contributed by atoms with Gasteiger partial charge in [0.25, 0.3) is 0 Å². The number of hydrogen-bond donors (Lipinski definition) is 3. The Kier molecular flexibility index (Phi) is 29.0. The molecule has 0 saturated carbocycles. The molecule has 0 fully saturated rings. The molecule has 3 aromatic heterocycles. The number of thiazole rings is 3. The van der Waals surface area contributed by atoms with Crippen LogP contribution in [-0.4, -0.2) is 76.7 Å². The molecular formula is C39H65BIN7O6S3. The SMILES string of the molecule is CC(C)c1nc(CN(C)C(=O)C[C@H](C(=O)C[C@@H](C)CC[C@H](C)NC(=O)OCc2cncs2)C(C)C)cs1.C[C@H](N)CC[C@H](C)NC(=O)OCc1cncs1.I.[B]C. The van der Waals surface area contributed by atoms with Gasteiger partial charge in [0.2, 0.25) is 5.91 Å². The highest BCUT2D eigenvalue weighted by Gasteiger charge is 2.28. The van der Waals surface area contributed by atoms with Gasteiger partial charge in [-0.2, -0.15) is 0 Å². The van der Waals surface area contributed by atoms with Crippen LogP contribution in [0.5, 0.6) is 0 Å². The van der Waals surface area contributed by atoms with E-state index in [0.717, 1.165) is 46.1 Å². The maximum absolute atomic E-state index is 13.1. The molecule has 57 heavy (non-hydrogen) atoms. The summed E-state index contributed by atoms with van der Waals surface area (Å²) in [5, 5.41) is 8.68. The first-order valence-corrected chi connectivity index (χ1v) is 21.8. The van der Waals surface area contributed by atoms with Gasteiger partial charge in [-0.05, 0) is 58.3 Å². The highest BCUT2D eigenvalue weighted by Crippen LogP contribution is 2.25. The van der Waals surface area contributed by atoms with Gasteiger partial charge < -0.3 is 30.7 Å². The number of alkyl carbamates (subject to hydrolysis) is 2. The Labute approximate surface area is 370 Å². The van der Waals surface area contributed by atoms with Crippen molar-refractivity contribution in [2.45, 2.75) is 145 Å². The van der Waals surface area contributed by atoms with Crippen molar-refractivity contribution < 1.29 is 28.7 Å². The van der Waals surface area contributed by atoms with Crippen molar-refractivity contribution in [2.75, 3.05) is 7.05 Å². The van der Waals surface area contributed by atoms with Gasteiger partial charge in [0.15, 0.2) is 0 Å². The molecule has 3 heterocycles. The van der Waals surface area contributed by atoms with Crippen molar-refractivity contribution in [1.82, 2.24) is 30.5 Å². The number of ether oxygens (including phenoxy) is 2. The largest absolute Gasteiger partial charge is 0.444 e. The smallest absolute Gasteiger partial charge is 0.407 e. The van der Waals surface area contributed by atoms with Crippen LogP contribution in [0.1, 0.15) is 120 Å². The lowest BCUT2D eigenvalue weighted by molar-refractivity contribution is -0.136. The number of nitrogens with zero attached hydrogens (tertiary/aromatic N) is 4. The Balaban J connectivity index is 0.00000131. The van der Waals surface area contributed by atoms with Crippen molar-refractivity contribution in [1.29, 1.82) is 0 Å². The highest BCUT2D eigenvalue weighted by molar-refractivity contribution is 14.0. The van der Waals surface area contributed by atoms with Gasteiger partial charge in [-0.1, -0.05) is 41.4 Å². The predicted molar refractivity (Wildman–Crippen MR) is 243 cm³/mol. The first-order valence-electron chi connectivity index (χ1n) is 19.2. The molecule has 0 aliphatic heterocycles. The fraction of sp³-hybridized carbons (Fsp3) is 0.667. The Morgan fingerprint density at radius 3 is 1.72 bits per heavy atom. The van der Waals surface area contributed by atoms with Gasteiger partial charge in [-0.15, -0.1) is 58.0 Å². The lowest BCUT2D eigenvalue weighted by Crippen LogP contribution is -2.34. The molecule has 4 N–H and O–H groups in total. The van der Waals surface area contributed by atoms with Crippen molar-refractivity contribution in [3.63, 3.8) is 0 Å². The maximum Gasteiger partial charge on any atom is 0.407 e. The highest BCUT2D eigenvalue weighted by atomic mass is 127. The Morgan fingerprint density at radius 2 is 1.30 bits per heavy atom. The van der Waals surface area contributed by atoms with E-state index in [1.807, 2.05) is 46.9 Å². The molecule has 0 aromatic carbocycles. The summed E-state index contributed by atoms with van der Waals surface area (Å²) >= 11 is 4.52. The Bertz CT molecular complexity index is 1530. The molecule has 320 valence electrons. The summed E-state index contributed by atoms with van der Waals surface area (Å²) in [6, 6.07) is 0.173. The van der Waals surface area contributed by atoms with Crippen LogP contribution >= 0.6 is 58.0 Å². The molecule has 5 atom stereocenters. The third-order valence-electron chi connectivity index (χ3n) is 8.58. The van der Waals surface area contributed by atoms with Crippen molar-refractivity contribution >= 4 is 89.7 Å². The lowest BCUT2D eigenvalue weighted by Gasteiger charge is -2.24. The van der Waals surface area contributed by atoms with Gasteiger partial charge in [-0.25, -0.2) is 14.6 Å². The standard InChI is InChI=1S/C27H42N4O4S2.C11H19N3O2S.CH3B.HI/c1-17(2)23(11-25(33)31(7)13-21-15-36-26(30-21)18(3)4)24(32)10-19(5)8-9-20(6)29-27(34)35-14-22-12-28-16-37-22;1-8(12)3-4-9(2)14-11(15)16-6-10-5-13-7-17-10;1-2;/h12,15-20,23H,8-11,13-14H2,1-7H3,(H,29,34);5,7-9H,3-4,6,12H2,1-2H3,(H,14,15);1H3;1H/t19-,20-,23-;8-,9-;;/m00../s1. The number of nitrogens with one attached hydrogen (secondary N) is 2. The fourth-order valence-electron chi connectivity index (χ4n) is 5.23. The van der Waals surface area contributed by atoms with E-state index >= 15 is 0 Å². The number of ketones is 1. The van der Waals surface area contributed by atoms with E-state index in [-0.39, 0.29) is 91.2 Å². The number of carbonyl (C=O) groups is 4. The topological polar surface area (TPSA) is 179 Å². The predicted octanol–water partition coefficient (Wildman–Crippen LogP) is 8.74. The maximum atomic E-state index is 13.1. The summed E-state index contributed by atoms with van der Waals surface area (Å²) < 4.78 is 10.3. The van der Waals surface area contributed by atoms with Crippen LogP contribution < -0.4 is 16.4 Å². The van der Waals surface area contributed by atoms with Crippen molar-refractivity contribution in [3.8, 4) is 0 Å². The van der Waals surface area contributed by atoms with E-state index in [2.05, 4.69) is 47.3 Å². The van der Waals surface area contributed by atoms with Gasteiger partial charge in [0.1, 0.15) is 19.0 Å². The van der Waals surface area contributed by atoms with Gasteiger partial charge in [0, 0.05) is 67.6 Å². The van der Waals surface area contributed by atoms with Crippen LogP contribution in [0.2, 0.25) is 6.82 Å². The zero-order valence-corrected chi connectivity index (χ0v) is 40.1. The number of aromatic nitrogens is 3. The minimum absolute atomic E-state index is 0. The molecule has 3 amide bonds. The first-order chi connectivity index (χ1) is 26.5. The van der Waals surface area contributed by atoms with E-state index in [4.69, 9.17) is 15.2 Å². The van der Waals surface area contributed by atoms with E-state index in [0.29, 0.717) is 18.9 Å². The fourth-order valence-corrected chi connectivity index (χ4v) is 7.07. The average molecular weight is 962 g/mol. The lowest BCUT2D eigenvalue weighted by atomic mass is 9.83. The van der Waals surface area contributed by atoms with Crippen molar-refractivity contribution in [2.24, 2.45) is 23.5 Å². The summed E-state index contributed by atoms with van der Waals surface area (Å²) in [6.45, 7) is 18.5. The van der Waals surface area contributed by atoms with Gasteiger partial charge in [-0.3, -0.25) is 19.6 Å². The summed E-state index contributed by atoms with van der Waals surface area (Å²) in [7, 11) is 6.28. The number of amides is 3. The number of Topliss-reactive ketones (excluding diaryl/α,β-unsaturated/α-hetero) is 1. The zero-order valence-electron chi connectivity index (χ0n) is 35.3. The zero-order chi connectivity index (χ0) is 42.2. The van der Waals surface area contributed by atoms with E-state index in [1.165, 1.54) is 29.5 Å². The van der Waals surface area contributed by atoms with Crippen LogP contribution in [0, 0.1) is 17.8 Å². The van der Waals surface area contributed by atoms with Gasteiger partial charge in [0.05, 0.1) is 45.9 Å². The van der Waals surface area contributed by atoms with Crippen LogP contribution in [-0.2, 0) is 38.8 Å². The average Bonchev–Trinajstić information content (AvgIpc) is 3.95. The molecule has 3 rings (SSSR count). The van der Waals surface area contributed by atoms with Crippen LogP contribution in [0.3, 0.4) is 0 Å². The van der Waals surface area contributed by atoms with E-state index < -0.39 is 12.2 Å². The number of carbonyl (C=O) groups excluding carboxylic acids is 4. The second-order valence-corrected chi connectivity index (χ2v) is 17.6. The molecule has 0 aliphatic rings. The normalized spacial score (nSPS) is 13.3. The molecule has 18 heteroatoms. The molecule has 0 saturated heterocycles. The molecular weight excluding hydrogens is 896 g/mol. The molecule has 3 aromatic rings. The summed E-state index contributed by atoms with van der Waals surface area (Å²) in [6.07, 6.45) is 6.44. The number of nitrogens with two attached hydrogens (primary N) is 1. The van der Waals surface area contributed by atoms with Gasteiger partial charge >= 0.3 is 12.2 Å². The molecule has 0 unspecified atom stereocenters. The molecule has 2 radical (unpaired) electrons. The number of halogens is 1. The first kappa shape index (κ1) is 54.3.